The molecule has 25 heavy (non-hydrogen) atoms. The number of nitrogens with one attached hydrogen (secondary N) is 1. The van der Waals surface area contributed by atoms with Crippen LogP contribution in [0, 0.1) is 5.92 Å². The van der Waals surface area contributed by atoms with Crippen LogP contribution >= 0.6 is 0 Å². The topological polar surface area (TPSA) is 69.7 Å². The number of carbonyl (C=O) groups excluding carboxylic acids is 1. The second kappa shape index (κ2) is 8.48. The lowest BCUT2D eigenvalue weighted by atomic mass is 9.99. The Balaban J connectivity index is 1.67. The molecule has 0 aliphatic carbocycles. The molecule has 0 spiro atoms. The molecular formula is C19H22N2O4. The fourth-order valence-electron chi connectivity index (χ4n) is 2.74. The summed E-state index contributed by atoms with van der Waals surface area (Å²) >= 11 is 0. The molecule has 0 atom stereocenters. The van der Waals surface area contributed by atoms with Crippen LogP contribution in [0.5, 0.6) is 17.4 Å². The van der Waals surface area contributed by atoms with Crippen LogP contribution in [0.3, 0.4) is 0 Å². The van der Waals surface area contributed by atoms with Crippen molar-refractivity contribution in [3.05, 3.63) is 48.2 Å². The first-order valence-corrected chi connectivity index (χ1v) is 8.38. The van der Waals surface area contributed by atoms with E-state index in [2.05, 4.69) is 10.3 Å². The van der Waals surface area contributed by atoms with E-state index in [4.69, 9.17) is 14.2 Å². The molecular weight excluding hydrogens is 320 g/mol. The lowest BCUT2D eigenvalue weighted by Gasteiger charge is -2.21. The number of rotatable bonds is 6. The van der Waals surface area contributed by atoms with E-state index in [0.717, 1.165) is 18.4 Å². The van der Waals surface area contributed by atoms with E-state index < -0.39 is 0 Å². The summed E-state index contributed by atoms with van der Waals surface area (Å²) in [5, 5.41) is 2.98. The highest BCUT2D eigenvalue weighted by atomic mass is 16.5. The monoisotopic (exact) mass is 342 g/mol. The summed E-state index contributed by atoms with van der Waals surface area (Å²) in [4.78, 5) is 16.6. The Morgan fingerprint density at radius 3 is 2.72 bits per heavy atom. The van der Waals surface area contributed by atoms with Gasteiger partial charge in [0.25, 0.3) is 0 Å². The lowest BCUT2D eigenvalue weighted by molar-refractivity contribution is -0.128. The third-order valence-electron chi connectivity index (χ3n) is 4.17. The summed E-state index contributed by atoms with van der Waals surface area (Å²) in [6.07, 6.45) is 3.20. The molecule has 0 bridgehead atoms. The largest absolute Gasteiger partial charge is 0.493 e. The molecule has 1 N–H and O–H groups in total. The molecule has 0 unspecified atom stereocenters. The van der Waals surface area contributed by atoms with Gasteiger partial charge in [0.1, 0.15) is 0 Å². The van der Waals surface area contributed by atoms with Gasteiger partial charge in [0.15, 0.2) is 11.5 Å². The maximum atomic E-state index is 12.3. The van der Waals surface area contributed by atoms with E-state index in [1.54, 1.807) is 13.3 Å². The number of benzene rings is 1. The van der Waals surface area contributed by atoms with Crippen molar-refractivity contribution < 1.29 is 19.0 Å². The van der Waals surface area contributed by atoms with E-state index in [1.165, 1.54) is 0 Å². The van der Waals surface area contributed by atoms with Crippen LogP contribution in [0.1, 0.15) is 18.4 Å². The number of nitrogens with zero attached hydrogens (tertiary/aromatic N) is 1. The fraction of sp³-hybridized carbons (Fsp3) is 0.368. The highest BCUT2D eigenvalue weighted by Crippen LogP contribution is 2.31. The minimum atomic E-state index is 0.0176. The maximum Gasteiger partial charge on any atom is 0.224 e. The lowest BCUT2D eigenvalue weighted by Crippen LogP contribution is -2.33. The van der Waals surface area contributed by atoms with Crippen molar-refractivity contribution in [2.45, 2.75) is 19.4 Å². The minimum Gasteiger partial charge on any atom is -0.493 e. The zero-order chi connectivity index (χ0) is 17.5. The zero-order valence-corrected chi connectivity index (χ0v) is 14.2. The first kappa shape index (κ1) is 17.2. The number of aromatic nitrogens is 1. The van der Waals surface area contributed by atoms with Crippen molar-refractivity contribution >= 4 is 5.91 Å². The van der Waals surface area contributed by atoms with Gasteiger partial charge in [0, 0.05) is 37.4 Å². The summed E-state index contributed by atoms with van der Waals surface area (Å²) in [7, 11) is 1.59. The van der Waals surface area contributed by atoms with Crippen LogP contribution in [-0.2, 0) is 16.1 Å². The molecule has 1 aliphatic heterocycles. The van der Waals surface area contributed by atoms with Gasteiger partial charge < -0.3 is 19.5 Å². The van der Waals surface area contributed by atoms with Gasteiger partial charge in [0.05, 0.1) is 7.11 Å². The third-order valence-corrected chi connectivity index (χ3v) is 4.17. The number of methoxy groups -OCH3 is 1. The molecule has 2 aromatic rings. The molecule has 1 aromatic heterocycles. The Morgan fingerprint density at radius 2 is 1.96 bits per heavy atom. The molecule has 1 aliphatic rings. The Labute approximate surface area is 147 Å². The Hall–Kier alpha value is -2.60. The zero-order valence-electron chi connectivity index (χ0n) is 14.2. The molecule has 1 fully saturated rings. The Morgan fingerprint density at radius 1 is 1.20 bits per heavy atom. The van der Waals surface area contributed by atoms with Crippen molar-refractivity contribution in [1.82, 2.24) is 10.3 Å². The number of carbonyl (C=O) groups is 1. The van der Waals surface area contributed by atoms with Crippen molar-refractivity contribution in [3.63, 3.8) is 0 Å². The molecule has 1 amide bonds. The Kier molecular flexibility index (Phi) is 5.85. The standard InChI is InChI=1S/C19H22N2O4/c1-23-16-6-2-3-7-17(16)25-19-15(5-4-10-20-19)13-21-18(22)14-8-11-24-12-9-14/h2-7,10,14H,8-9,11-13H2,1H3,(H,21,22). The summed E-state index contributed by atoms with van der Waals surface area (Å²) < 4.78 is 16.5. The number of pyridine rings is 1. The predicted octanol–water partition coefficient (Wildman–Crippen LogP) is 2.93. The van der Waals surface area contributed by atoms with E-state index >= 15 is 0 Å². The normalized spacial score (nSPS) is 14.8. The average Bonchev–Trinajstić information content (AvgIpc) is 2.68. The average molecular weight is 342 g/mol. The molecule has 2 heterocycles. The molecule has 1 saturated heterocycles. The number of hydrogen-bond acceptors (Lipinski definition) is 5. The second-order valence-electron chi connectivity index (χ2n) is 5.83. The quantitative estimate of drug-likeness (QED) is 0.874. The maximum absolute atomic E-state index is 12.3. The van der Waals surface area contributed by atoms with Crippen LogP contribution < -0.4 is 14.8 Å². The molecule has 0 saturated carbocycles. The molecule has 132 valence electrons. The fourth-order valence-corrected chi connectivity index (χ4v) is 2.74. The first-order chi connectivity index (χ1) is 12.3. The van der Waals surface area contributed by atoms with E-state index in [1.807, 2.05) is 36.4 Å². The van der Waals surface area contributed by atoms with Gasteiger partial charge in [-0.1, -0.05) is 18.2 Å². The highest BCUT2D eigenvalue weighted by molar-refractivity contribution is 5.78. The number of hydrogen-bond donors (Lipinski definition) is 1. The third kappa shape index (κ3) is 4.48. The predicted molar refractivity (Wildman–Crippen MR) is 92.7 cm³/mol. The van der Waals surface area contributed by atoms with Gasteiger partial charge >= 0.3 is 0 Å². The van der Waals surface area contributed by atoms with Crippen LogP contribution in [0.15, 0.2) is 42.6 Å². The van der Waals surface area contributed by atoms with E-state index in [9.17, 15) is 4.79 Å². The SMILES string of the molecule is COc1ccccc1Oc1ncccc1CNC(=O)C1CCOCC1. The summed E-state index contributed by atoms with van der Waals surface area (Å²) in [5.41, 5.74) is 0.814. The van der Waals surface area contributed by atoms with E-state index in [0.29, 0.717) is 37.1 Å². The highest BCUT2D eigenvalue weighted by Gasteiger charge is 2.21. The van der Waals surface area contributed by atoms with Crippen LogP contribution in [0.2, 0.25) is 0 Å². The van der Waals surface area contributed by atoms with E-state index in [-0.39, 0.29) is 11.8 Å². The van der Waals surface area contributed by atoms with Crippen molar-refractivity contribution in [1.29, 1.82) is 0 Å². The molecule has 1 aromatic carbocycles. The molecule has 6 nitrogen and oxygen atoms in total. The minimum absolute atomic E-state index is 0.0176. The van der Waals surface area contributed by atoms with Gasteiger partial charge in [-0.25, -0.2) is 4.98 Å². The van der Waals surface area contributed by atoms with Crippen molar-refractivity contribution in [2.24, 2.45) is 5.92 Å². The van der Waals surface area contributed by atoms with Crippen molar-refractivity contribution in [2.75, 3.05) is 20.3 Å². The van der Waals surface area contributed by atoms with Crippen molar-refractivity contribution in [3.8, 4) is 17.4 Å². The Bertz CT molecular complexity index is 714. The van der Waals surface area contributed by atoms with Gasteiger partial charge in [-0.05, 0) is 31.0 Å². The first-order valence-electron chi connectivity index (χ1n) is 8.38. The summed E-state index contributed by atoms with van der Waals surface area (Å²) in [6.45, 7) is 1.66. The second-order valence-corrected chi connectivity index (χ2v) is 5.83. The molecule has 6 heteroatoms. The van der Waals surface area contributed by atoms with Gasteiger partial charge in [0.2, 0.25) is 11.8 Å². The van der Waals surface area contributed by atoms with Gasteiger partial charge in [-0.15, -0.1) is 0 Å². The van der Waals surface area contributed by atoms with Gasteiger partial charge in [-0.2, -0.15) is 0 Å². The molecule has 3 rings (SSSR count). The smallest absolute Gasteiger partial charge is 0.224 e. The summed E-state index contributed by atoms with van der Waals surface area (Å²) in [5.74, 6) is 1.74. The number of para-hydroxylation sites is 2. The molecule has 0 radical (unpaired) electrons. The van der Waals surface area contributed by atoms with Crippen LogP contribution in [0.25, 0.3) is 0 Å². The summed E-state index contributed by atoms with van der Waals surface area (Å²) in [6, 6.07) is 11.1. The number of ether oxygens (including phenoxy) is 3. The van der Waals surface area contributed by atoms with Crippen LogP contribution in [-0.4, -0.2) is 31.2 Å². The van der Waals surface area contributed by atoms with Gasteiger partial charge in [-0.3, -0.25) is 4.79 Å². The van der Waals surface area contributed by atoms with Crippen LogP contribution in [0.4, 0.5) is 0 Å². The number of amides is 1.